The fraction of sp³-hybridized carbons (Fsp3) is 0.677. The van der Waals surface area contributed by atoms with Gasteiger partial charge in [0.2, 0.25) is 0 Å². The van der Waals surface area contributed by atoms with E-state index in [0.29, 0.717) is 6.42 Å². The highest BCUT2D eigenvalue weighted by Crippen LogP contribution is 2.36. The molecule has 1 amide bonds. The Morgan fingerprint density at radius 1 is 1.05 bits per heavy atom. The monoisotopic (exact) mass is 541 g/mol. The fourth-order valence-electron chi connectivity index (χ4n) is 4.74. The predicted octanol–water partition coefficient (Wildman–Crippen LogP) is 6.14. The van der Waals surface area contributed by atoms with Crippen molar-refractivity contribution < 1.29 is 28.4 Å². The maximum atomic E-state index is 13.3. The molecule has 1 atom stereocenters. The van der Waals surface area contributed by atoms with Crippen LogP contribution in [0.25, 0.3) is 6.08 Å². The predicted molar refractivity (Wildman–Crippen MR) is 156 cm³/mol. The van der Waals surface area contributed by atoms with Crippen LogP contribution in [-0.2, 0) is 23.6 Å². The van der Waals surface area contributed by atoms with Gasteiger partial charge in [0, 0.05) is 6.54 Å². The maximum absolute atomic E-state index is 13.3. The molecule has 1 aliphatic carbocycles. The molecule has 1 aromatic rings. The molecule has 3 rings (SSSR count). The van der Waals surface area contributed by atoms with Gasteiger partial charge >= 0.3 is 19.2 Å². The van der Waals surface area contributed by atoms with E-state index in [-0.39, 0.29) is 24.5 Å². The molecule has 1 aromatic carbocycles. The van der Waals surface area contributed by atoms with Gasteiger partial charge in [-0.2, -0.15) is 0 Å². The van der Waals surface area contributed by atoms with Gasteiger partial charge in [0.1, 0.15) is 17.7 Å². The zero-order chi connectivity index (χ0) is 29.0. The van der Waals surface area contributed by atoms with Gasteiger partial charge in [-0.3, -0.25) is 4.90 Å². The Morgan fingerprint density at radius 2 is 1.62 bits per heavy atom. The molecule has 0 radical (unpaired) electrons. The normalized spacial score (nSPS) is 20.0. The van der Waals surface area contributed by atoms with Crippen molar-refractivity contribution in [2.24, 2.45) is 5.92 Å². The largest absolute Gasteiger partial charge is 0.494 e. The molecule has 8 heteroatoms. The van der Waals surface area contributed by atoms with Crippen molar-refractivity contribution >= 4 is 30.7 Å². The minimum atomic E-state index is -0.712. The lowest BCUT2D eigenvalue weighted by Gasteiger charge is -2.33. The summed E-state index contributed by atoms with van der Waals surface area (Å²) in [6.45, 7) is 17.9. The van der Waals surface area contributed by atoms with Gasteiger partial charge in [0.05, 0.1) is 11.2 Å². The lowest BCUT2D eigenvalue weighted by molar-refractivity contribution is -0.155. The van der Waals surface area contributed by atoms with Crippen molar-refractivity contribution in [1.82, 2.24) is 4.90 Å². The van der Waals surface area contributed by atoms with E-state index < -0.39 is 36.1 Å². The van der Waals surface area contributed by atoms with E-state index in [1.54, 1.807) is 0 Å². The number of hydrogen-bond donors (Lipinski definition) is 0. The molecule has 39 heavy (non-hydrogen) atoms. The summed E-state index contributed by atoms with van der Waals surface area (Å²) >= 11 is 0. The Labute approximate surface area is 235 Å². The zero-order valence-electron chi connectivity index (χ0n) is 25.4. The molecule has 1 saturated heterocycles. The maximum Gasteiger partial charge on any atom is 0.494 e. The number of benzene rings is 1. The van der Waals surface area contributed by atoms with Crippen LogP contribution < -0.4 is 5.46 Å². The second kappa shape index (κ2) is 12.5. The molecule has 216 valence electrons. The van der Waals surface area contributed by atoms with E-state index in [4.69, 9.17) is 18.8 Å². The van der Waals surface area contributed by atoms with E-state index in [0.717, 1.165) is 36.7 Å². The fourth-order valence-corrected chi connectivity index (χ4v) is 4.74. The number of carbonyl (C=O) groups is 2. The standard InChI is InChI=1S/C31H48BNO6/c1-22(2)21-26(27(34)36-25-14-10-11-15-25)33(28(35)37-29(3,4)5)20-12-13-23-16-18-24(19-17-23)32-38-30(6,7)31(8,9)39-32/h12-13,16-19,22,25-26H,10-11,14-15,20-21H2,1-9H3/b13-12+/t26-/m0/s1. The molecule has 0 aromatic heterocycles. The van der Waals surface area contributed by atoms with Crippen molar-refractivity contribution in [1.29, 1.82) is 0 Å². The highest BCUT2D eigenvalue weighted by atomic mass is 16.7. The van der Waals surface area contributed by atoms with Crippen LogP contribution in [0.5, 0.6) is 0 Å². The summed E-state index contributed by atoms with van der Waals surface area (Å²) in [6.07, 6.45) is 7.66. The van der Waals surface area contributed by atoms with Crippen LogP contribution >= 0.6 is 0 Å². The van der Waals surface area contributed by atoms with E-state index in [1.165, 1.54) is 4.90 Å². The number of amides is 1. The van der Waals surface area contributed by atoms with Crippen LogP contribution in [0.4, 0.5) is 4.79 Å². The Balaban J connectivity index is 1.75. The first-order valence-corrected chi connectivity index (χ1v) is 14.4. The van der Waals surface area contributed by atoms with E-state index in [1.807, 2.05) is 98.7 Å². The Morgan fingerprint density at radius 3 is 2.13 bits per heavy atom. The molecule has 0 spiro atoms. The number of esters is 1. The summed E-state index contributed by atoms with van der Waals surface area (Å²) < 4.78 is 23.9. The van der Waals surface area contributed by atoms with Crippen LogP contribution in [0.3, 0.4) is 0 Å². The molecule has 2 fully saturated rings. The Hall–Kier alpha value is -2.32. The molecule has 0 bridgehead atoms. The summed E-state index contributed by atoms with van der Waals surface area (Å²) in [6, 6.07) is 7.27. The second-order valence-corrected chi connectivity index (χ2v) is 13.3. The molecular weight excluding hydrogens is 493 g/mol. The molecular formula is C31H48BNO6. The summed E-state index contributed by atoms with van der Waals surface area (Å²) in [5, 5.41) is 0. The highest BCUT2D eigenvalue weighted by molar-refractivity contribution is 6.62. The molecule has 1 saturated carbocycles. The topological polar surface area (TPSA) is 74.3 Å². The van der Waals surface area contributed by atoms with E-state index in [9.17, 15) is 9.59 Å². The van der Waals surface area contributed by atoms with Gasteiger partial charge in [-0.05, 0) is 97.5 Å². The van der Waals surface area contributed by atoms with Crippen LogP contribution in [0.1, 0.15) is 100.0 Å². The van der Waals surface area contributed by atoms with Crippen LogP contribution in [0.2, 0.25) is 0 Å². The van der Waals surface area contributed by atoms with Crippen LogP contribution in [-0.4, -0.2) is 59.6 Å². The van der Waals surface area contributed by atoms with E-state index in [2.05, 4.69) is 0 Å². The smallest absolute Gasteiger partial charge is 0.461 e. The van der Waals surface area contributed by atoms with Gasteiger partial charge < -0.3 is 18.8 Å². The minimum absolute atomic E-state index is 0.0642. The SMILES string of the molecule is CC(C)C[C@@H](C(=O)OC1CCCC1)N(C/C=C/c1ccc(B2OC(C)(C)C(C)(C)O2)cc1)C(=O)OC(C)(C)C. The number of nitrogens with zero attached hydrogens (tertiary/aromatic N) is 1. The zero-order valence-corrected chi connectivity index (χ0v) is 25.4. The van der Waals surface area contributed by atoms with Crippen molar-refractivity contribution in [2.75, 3.05) is 6.54 Å². The number of hydrogen-bond acceptors (Lipinski definition) is 6. The third kappa shape index (κ3) is 8.58. The quantitative estimate of drug-likeness (QED) is 0.276. The third-order valence-corrected chi connectivity index (χ3v) is 7.63. The van der Waals surface area contributed by atoms with Crippen molar-refractivity contribution in [3.05, 3.63) is 35.9 Å². The van der Waals surface area contributed by atoms with Crippen molar-refractivity contribution in [3.63, 3.8) is 0 Å². The molecule has 2 aliphatic rings. The number of ether oxygens (including phenoxy) is 2. The van der Waals surface area contributed by atoms with Gasteiger partial charge in [0.15, 0.2) is 0 Å². The first kappa shape index (κ1) is 31.2. The van der Waals surface area contributed by atoms with Gasteiger partial charge in [-0.15, -0.1) is 0 Å². The summed E-state index contributed by atoms with van der Waals surface area (Å²) in [4.78, 5) is 28.1. The van der Waals surface area contributed by atoms with Gasteiger partial charge in [-0.1, -0.05) is 50.3 Å². The molecule has 0 N–H and O–H groups in total. The van der Waals surface area contributed by atoms with Gasteiger partial charge in [0.25, 0.3) is 0 Å². The van der Waals surface area contributed by atoms with Crippen molar-refractivity contribution in [2.45, 2.75) is 123 Å². The Bertz CT molecular complexity index is 989. The third-order valence-electron chi connectivity index (χ3n) is 7.63. The minimum Gasteiger partial charge on any atom is -0.461 e. The summed E-state index contributed by atoms with van der Waals surface area (Å²) in [5.41, 5.74) is 0.445. The van der Waals surface area contributed by atoms with Crippen LogP contribution in [0.15, 0.2) is 30.3 Å². The summed E-state index contributed by atoms with van der Waals surface area (Å²) in [7, 11) is -0.418. The van der Waals surface area contributed by atoms with Gasteiger partial charge in [-0.25, -0.2) is 9.59 Å². The number of carbonyl (C=O) groups excluding carboxylic acids is 2. The average molecular weight is 542 g/mol. The molecule has 1 heterocycles. The van der Waals surface area contributed by atoms with Crippen molar-refractivity contribution in [3.8, 4) is 0 Å². The lowest BCUT2D eigenvalue weighted by atomic mass is 9.79. The van der Waals surface area contributed by atoms with Crippen LogP contribution in [0, 0.1) is 5.92 Å². The molecule has 7 nitrogen and oxygen atoms in total. The molecule has 0 unspecified atom stereocenters. The number of rotatable bonds is 9. The highest BCUT2D eigenvalue weighted by Gasteiger charge is 2.51. The lowest BCUT2D eigenvalue weighted by Crippen LogP contribution is -2.49. The first-order chi connectivity index (χ1) is 18.1. The first-order valence-electron chi connectivity index (χ1n) is 14.4. The Kier molecular flexibility index (Phi) is 9.98. The summed E-state index contributed by atoms with van der Waals surface area (Å²) in [5.74, 6) is -0.149. The molecule has 1 aliphatic heterocycles. The average Bonchev–Trinajstić information content (AvgIpc) is 3.39. The van der Waals surface area contributed by atoms with E-state index >= 15 is 0 Å². The second-order valence-electron chi connectivity index (χ2n) is 13.3.